The number of rotatable bonds is 3. The molecule has 1 aliphatic rings. The van der Waals surface area contributed by atoms with E-state index in [1.54, 1.807) is 11.9 Å². The summed E-state index contributed by atoms with van der Waals surface area (Å²) >= 11 is 0. The summed E-state index contributed by atoms with van der Waals surface area (Å²) in [4.78, 5) is 24.2. The zero-order valence-electron chi connectivity index (χ0n) is 11.0. The molecule has 1 heterocycles. The van der Waals surface area contributed by atoms with Gasteiger partial charge in [-0.25, -0.2) is 9.18 Å². The van der Waals surface area contributed by atoms with Crippen LogP contribution in [0.4, 0.5) is 15.8 Å². The van der Waals surface area contributed by atoms with Gasteiger partial charge in [-0.2, -0.15) is 0 Å². The van der Waals surface area contributed by atoms with Crippen molar-refractivity contribution in [3.63, 3.8) is 0 Å². The third-order valence-corrected chi connectivity index (χ3v) is 3.39. The molecule has 0 aromatic heterocycles. The number of nitrogens with two attached hydrogens (primary N) is 1. The van der Waals surface area contributed by atoms with Gasteiger partial charge in [0.05, 0.1) is 11.4 Å². The van der Waals surface area contributed by atoms with Gasteiger partial charge in [0.15, 0.2) is 0 Å². The molecule has 0 spiro atoms. The van der Waals surface area contributed by atoms with Crippen LogP contribution < -0.4 is 11.1 Å². The molecule has 4 N–H and O–H groups in total. The van der Waals surface area contributed by atoms with Gasteiger partial charge in [0, 0.05) is 26.1 Å². The number of amides is 1. The predicted octanol–water partition coefficient (Wildman–Crippen LogP) is 1.14. The van der Waals surface area contributed by atoms with Gasteiger partial charge in [-0.3, -0.25) is 4.79 Å². The lowest BCUT2D eigenvalue weighted by Crippen LogP contribution is -2.43. The molecule has 1 saturated heterocycles. The lowest BCUT2D eigenvalue weighted by molar-refractivity contribution is -0.132. The summed E-state index contributed by atoms with van der Waals surface area (Å²) in [6.45, 7) is 0.467. The molecule has 1 aromatic carbocycles. The Morgan fingerprint density at radius 3 is 2.85 bits per heavy atom. The van der Waals surface area contributed by atoms with Crippen molar-refractivity contribution in [3.8, 4) is 0 Å². The standard InChI is InChI=1S/C13H16FN3O3/c1-17-6-7(2-5-10(17)18)16-9-4-3-8(14)12(15)11(9)13(19)20/h3-4,7,16H,2,5-6,15H2,1H3,(H,19,20). The average molecular weight is 281 g/mol. The summed E-state index contributed by atoms with van der Waals surface area (Å²) in [5.74, 6) is -1.99. The van der Waals surface area contributed by atoms with Crippen molar-refractivity contribution in [2.75, 3.05) is 24.6 Å². The third kappa shape index (κ3) is 2.66. The lowest BCUT2D eigenvalue weighted by Gasteiger charge is -2.31. The molecule has 2 rings (SSSR count). The molecule has 0 radical (unpaired) electrons. The summed E-state index contributed by atoms with van der Waals surface area (Å²) < 4.78 is 13.3. The maximum Gasteiger partial charge on any atom is 0.340 e. The van der Waals surface area contributed by atoms with Gasteiger partial charge in [-0.15, -0.1) is 0 Å². The fourth-order valence-corrected chi connectivity index (χ4v) is 2.29. The molecule has 0 aliphatic carbocycles. The molecule has 1 amide bonds. The zero-order chi connectivity index (χ0) is 14.9. The van der Waals surface area contributed by atoms with Gasteiger partial charge in [0.2, 0.25) is 5.91 Å². The average Bonchev–Trinajstić information content (AvgIpc) is 2.38. The van der Waals surface area contributed by atoms with E-state index in [1.165, 1.54) is 6.07 Å². The number of nitrogen functional groups attached to an aromatic ring is 1. The van der Waals surface area contributed by atoms with Crippen LogP contribution in [0.3, 0.4) is 0 Å². The number of piperidine rings is 1. The topological polar surface area (TPSA) is 95.7 Å². The monoisotopic (exact) mass is 281 g/mol. The molecule has 6 nitrogen and oxygen atoms in total. The number of halogens is 1. The molecule has 1 unspecified atom stereocenters. The second-order valence-corrected chi connectivity index (χ2v) is 4.84. The van der Waals surface area contributed by atoms with Crippen LogP contribution in [0.2, 0.25) is 0 Å². The maximum absolute atomic E-state index is 13.3. The highest BCUT2D eigenvalue weighted by molar-refractivity contribution is 6.00. The Labute approximate surface area is 115 Å². The van der Waals surface area contributed by atoms with Crippen LogP contribution in [-0.2, 0) is 4.79 Å². The molecule has 0 saturated carbocycles. The third-order valence-electron chi connectivity index (χ3n) is 3.39. The quantitative estimate of drug-likeness (QED) is 0.722. The number of carboxylic acid groups (broad SMARTS) is 1. The van der Waals surface area contributed by atoms with E-state index in [0.717, 1.165) is 6.07 Å². The first-order chi connectivity index (χ1) is 9.40. The van der Waals surface area contributed by atoms with Gasteiger partial charge < -0.3 is 21.1 Å². The Bertz CT molecular complexity index is 562. The lowest BCUT2D eigenvalue weighted by atomic mass is 10.0. The fraction of sp³-hybridized carbons (Fsp3) is 0.385. The highest BCUT2D eigenvalue weighted by Crippen LogP contribution is 2.27. The molecule has 108 valence electrons. The first kappa shape index (κ1) is 14.1. The fourth-order valence-electron chi connectivity index (χ4n) is 2.29. The Morgan fingerprint density at radius 2 is 2.25 bits per heavy atom. The number of nitrogens with one attached hydrogen (secondary N) is 1. The number of nitrogens with zero attached hydrogens (tertiary/aromatic N) is 1. The summed E-state index contributed by atoms with van der Waals surface area (Å²) in [5, 5.41) is 12.2. The van der Waals surface area contributed by atoms with E-state index in [2.05, 4.69) is 5.32 Å². The molecule has 1 aromatic rings. The Hall–Kier alpha value is -2.31. The van der Waals surface area contributed by atoms with E-state index < -0.39 is 11.8 Å². The number of carbonyl (C=O) groups is 2. The molecule has 0 bridgehead atoms. The smallest absolute Gasteiger partial charge is 0.340 e. The van der Waals surface area contributed by atoms with E-state index >= 15 is 0 Å². The van der Waals surface area contributed by atoms with Crippen LogP contribution in [-0.4, -0.2) is 41.5 Å². The minimum absolute atomic E-state index is 0.0557. The van der Waals surface area contributed by atoms with Crippen LogP contribution in [0, 0.1) is 5.82 Å². The number of benzene rings is 1. The van der Waals surface area contributed by atoms with E-state index in [0.29, 0.717) is 19.4 Å². The molecule has 20 heavy (non-hydrogen) atoms. The second kappa shape index (κ2) is 5.36. The van der Waals surface area contributed by atoms with Crippen LogP contribution in [0.25, 0.3) is 0 Å². The molecule has 1 atom stereocenters. The highest BCUT2D eigenvalue weighted by atomic mass is 19.1. The molecule has 1 fully saturated rings. The second-order valence-electron chi connectivity index (χ2n) is 4.84. The normalized spacial score (nSPS) is 19.0. The summed E-state index contributed by atoms with van der Waals surface area (Å²) in [7, 11) is 1.69. The Kier molecular flexibility index (Phi) is 3.78. The molecule has 7 heteroatoms. The van der Waals surface area contributed by atoms with Crippen molar-refractivity contribution < 1.29 is 19.1 Å². The summed E-state index contributed by atoms with van der Waals surface area (Å²) in [5.41, 5.74) is 5.09. The minimum atomic E-state index is -1.29. The van der Waals surface area contributed by atoms with Crippen LogP contribution in [0.15, 0.2) is 12.1 Å². The summed E-state index contributed by atoms with van der Waals surface area (Å²) in [6.07, 6.45) is 0.993. The van der Waals surface area contributed by atoms with Crippen molar-refractivity contribution >= 4 is 23.3 Å². The number of carbonyl (C=O) groups excluding carboxylic acids is 1. The van der Waals surface area contributed by atoms with Crippen LogP contribution >= 0.6 is 0 Å². The number of aromatic carboxylic acids is 1. The first-order valence-electron chi connectivity index (χ1n) is 6.22. The van der Waals surface area contributed by atoms with Crippen molar-refractivity contribution in [3.05, 3.63) is 23.5 Å². The Balaban J connectivity index is 2.24. The van der Waals surface area contributed by atoms with Crippen LogP contribution in [0.5, 0.6) is 0 Å². The number of likely N-dealkylation sites (tertiary alicyclic amines) is 1. The van der Waals surface area contributed by atoms with Crippen molar-refractivity contribution in [2.24, 2.45) is 0 Å². The molecular formula is C13H16FN3O3. The SMILES string of the molecule is CN1CC(Nc2ccc(F)c(N)c2C(=O)O)CCC1=O. The minimum Gasteiger partial charge on any atom is -0.478 e. The van der Waals surface area contributed by atoms with Crippen molar-refractivity contribution in [1.29, 1.82) is 0 Å². The van der Waals surface area contributed by atoms with Gasteiger partial charge in [0.1, 0.15) is 11.4 Å². The highest BCUT2D eigenvalue weighted by Gasteiger charge is 2.25. The predicted molar refractivity (Wildman–Crippen MR) is 72.1 cm³/mol. The Morgan fingerprint density at radius 1 is 1.55 bits per heavy atom. The van der Waals surface area contributed by atoms with Gasteiger partial charge in [-0.1, -0.05) is 0 Å². The van der Waals surface area contributed by atoms with Crippen LogP contribution in [0.1, 0.15) is 23.2 Å². The summed E-state index contributed by atoms with van der Waals surface area (Å²) in [6, 6.07) is 2.40. The molecular weight excluding hydrogens is 265 g/mol. The van der Waals surface area contributed by atoms with Gasteiger partial charge >= 0.3 is 5.97 Å². The van der Waals surface area contributed by atoms with E-state index in [4.69, 9.17) is 10.8 Å². The van der Waals surface area contributed by atoms with Crippen molar-refractivity contribution in [2.45, 2.75) is 18.9 Å². The molecule has 1 aliphatic heterocycles. The van der Waals surface area contributed by atoms with Gasteiger partial charge in [0.25, 0.3) is 0 Å². The largest absolute Gasteiger partial charge is 0.478 e. The maximum atomic E-state index is 13.3. The number of hydrogen-bond acceptors (Lipinski definition) is 4. The van der Waals surface area contributed by atoms with Crippen molar-refractivity contribution in [1.82, 2.24) is 4.90 Å². The zero-order valence-corrected chi connectivity index (χ0v) is 11.0. The first-order valence-corrected chi connectivity index (χ1v) is 6.22. The van der Waals surface area contributed by atoms with E-state index in [1.807, 2.05) is 0 Å². The number of likely N-dealkylation sites (N-methyl/N-ethyl adjacent to an activating group) is 1. The number of anilines is 2. The number of hydrogen-bond donors (Lipinski definition) is 3. The van der Waals surface area contributed by atoms with E-state index in [-0.39, 0.29) is 28.9 Å². The van der Waals surface area contributed by atoms with Gasteiger partial charge in [-0.05, 0) is 18.6 Å². The van der Waals surface area contributed by atoms with E-state index in [9.17, 15) is 14.0 Å². The number of carboxylic acids is 1.